The van der Waals surface area contributed by atoms with Crippen LogP contribution in [0.25, 0.3) is 10.9 Å². The van der Waals surface area contributed by atoms with Crippen LogP contribution in [0.15, 0.2) is 29.3 Å². The van der Waals surface area contributed by atoms with Gasteiger partial charge < -0.3 is 4.90 Å². The van der Waals surface area contributed by atoms with Gasteiger partial charge in [-0.05, 0) is 25.1 Å². The van der Waals surface area contributed by atoms with Crippen molar-refractivity contribution in [2.45, 2.75) is 31.4 Å². The van der Waals surface area contributed by atoms with Crippen molar-refractivity contribution in [1.29, 1.82) is 0 Å². The Labute approximate surface area is 167 Å². The minimum atomic E-state index is -0.148. The number of hydrogen-bond acceptors (Lipinski definition) is 5. The summed E-state index contributed by atoms with van der Waals surface area (Å²) in [6.07, 6.45) is 1.48. The van der Waals surface area contributed by atoms with Gasteiger partial charge in [0.25, 0.3) is 5.56 Å². The summed E-state index contributed by atoms with van der Waals surface area (Å²) in [7, 11) is 0. The molecule has 0 N–H and O–H groups in total. The molecule has 1 aromatic carbocycles. The average molecular weight is 468 g/mol. The Hall–Kier alpha value is -1.48. The lowest BCUT2D eigenvalue weighted by atomic mass is 10.1. The predicted molar refractivity (Wildman–Crippen MR) is 113 cm³/mol. The van der Waals surface area contributed by atoms with Crippen LogP contribution >= 0.6 is 22.6 Å². The molecule has 0 amide bonds. The lowest BCUT2D eigenvalue weighted by molar-refractivity contribution is -0.122. The van der Waals surface area contributed by atoms with Crippen molar-refractivity contribution in [3.8, 4) is 0 Å². The third-order valence-corrected chi connectivity index (χ3v) is 5.75. The molecular formula is C19H25IN4O2. The van der Waals surface area contributed by atoms with Gasteiger partial charge in [0.05, 0.1) is 27.8 Å². The number of carbonyl (C=O) groups is 1. The third-order valence-electron chi connectivity index (χ3n) is 4.96. The first-order valence-electron chi connectivity index (χ1n) is 9.02. The second-order valence-electron chi connectivity index (χ2n) is 7.10. The molecule has 1 atom stereocenters. The molecule has 0 aliphatic carbocycles. The zero-order valence-corrected chi connectivity index (χ0v) is 17.6. The number of fused-ring (bicyclic) bond motifs is 1. The standard InChI is InChI=1S/C19H25IN4O2/c1-13(2)18(25)11-24-12-21-17-5-4-15(10-16(17)19(24)26)23-8-6-22(7-9-23)14(3)20/h4-5,10,12-14H,6-9,11H2,1-3H3/t14-/m0/s1. The number of carbonyl (C=O) groups excluding carboxylic acids is 1. The summed E-state index contributed by atoms with van der Waals surface area (Å²) in [6.45, 7) is 9.89. The van der Waals surface area contributed by atoms with Gasteiger partial charge in [0, 0.05) is 37.8 Å². The van der Waals surface area contributed by atoms with E-state index in [0.717, 1.165) is 31.9 Å². The first-order valence-corrected chi connectivity index (χ1v) is 10.3. The van der Waals surface area contributed by atoms with Crippen LogP contribution in [0.5, 0.6) is 0 Å². The van der Waals surface area contributed by atoms with E-state index < -0.39 is 0 Å². The second-order valence-corrected chi connectivity index (χ2v) is 8.90. The van der Waals surface area contributed by atoms with E-state index >= 15 is 0 Å². The third kappa shape index (κ3) is 4.09. The SMILES string of the molecule is CC(C)C(=O)Cn1cnc2ccc(N3CCN([C@@H](C)I)CC3)cc2c1=O. The van der Waals surface area contributed by atoms with E-state index in [1.165, 1.54) is 10.9 Å². The van der Waals surface area contributed by atoms with E-state index in [1.54, 1.807) is 0 Å². The summed E-state index contributed by atoms with van der Waals surface area (Å²) in [5.74, 6) is -0.0611. The van der Waals surface area contributed by atoms with Crippen LogP contribution in [0.4, 0.5) is 5.69 Å². The number of anilines is 1. The van der Waals surface area contributed by atoms with E-state index in [0.29, 0.717) is 15.0 Å². The quantitative estimate of drug-likeness (QED) is 0.384. The van der Waals surface area contributed by atoms with Crippen molar-refractivity contribution in [3.63, 3.8) is 0 Å². The molecule has 0 unspecified atom stereocenters. The van der Waals surface area contributed by atoms with Crippen molar-refractivity contribution in [2.24, 2.45) is 5.92 Å². The predicted octanol–water partition coefficient (Wildman–Crippen LogP) is 2.52. The molecule has 3 rings (SSSR count). The van der Waals surface area contributed by atoms with Gasteiger partial charge in [-0.25, -0.2) is 4.98 Å². The van der Waals surface area contributed by atoms with Crippen LogP contribution in [-0.4, -0.2) is 50.5 Å². The molecule has 1 aliphatic rings. The number of benzene rings is 1. The molecule has 7 heteroatoms. The topological polar surface area (TPSA) is 58.4 Å². The number of aromatic nitrogens is 2. The van der Waals surface area contributed by atoms with Crippen molar-refractivity contribution >= 4 is 45.0 Å². The van der Waals surface area contributed by atoms with Crippen molar-refractivity contribution < 1.29 is 4.79 Å². The Morgan fingerprint density at radius 3 is 2.50 bits per heavy atom. The summed E-state index contributed by atoms with van der Waals surface area (Å²) in [5, 5.41) is 0.575. The number of nitrogens with zero attached hydrogens (tertiary/aromatic N) is 4. The van der Waals surface area contributed by atoms with Gasteiger partial charge in [0.2, 0.25) is 0 Å². The largest absolute Gasteiger partial charge is 0.369 e. The van der Waals surface area contributed by atoms with Crippen molar-refractivity contribution in [2.75, 3.05) is 31.1 Å². The normalized spacial score (nSPS) is 17.0. The lowest BCUT2D eigenvalue weighted by Gasteiger charge is -2.37. The van der Waals surface area contributed by atoms with Gasteiger partial charge in [-0.3, -0.25) is 19.1 Å². The number of Topliss-reactive ketones (excluding diaryl/α,β-unsaturated/α-hetero) is 1. The fourth-order valence-corrected chi connectivity index (χ4v) is 3.70. The molecule has 0 bridgehead atoms. The van der Waals surface area contributed by atoms with E-state index in [1.807, 2.05) is 32.0 Å². The Morgan fingerprint density at radius 2 is 1.88 bits per heavy atom. The highest BCUT2D eigenvalue weighted by Gasteiger charge is 2.20. The highest BCUT2D eigenvalue weighted by molar-refractivity contribution is 14.1. The fraction of sp³-hybridized carbons (Fsp3) is 0.526. The minimum Gasteiger partial charge on any atom is -0.369 e. The Bertz CT molecular complexity index is 854. The van der Waals surface area contributed by atoms with Gasteiger partial charge in [-0.1, -0.05) is 36.4 Å². The Morgan fingerprint density at radius 1 is 1.19 bits per heavy atom. The number of halogens is 1. The summed E-state index contributed by atoms with van der Waals surface area (Å²) in [4.78, 5) is 33.9. The average Bonchev–Trinajstić information content (AvgIpc) is 2.63. The molecule has 1 aliphatic heterocycles. The highest BCUT2D eigenvalue weighted by atomic mass is 127. The van der Waals surface area contributed by atoms with E-state index in [2.05, 4.69) is 44.3 Å². The second kappa shape index (κ2) is 8.04. The van der Waals surface area contributed by atoms with Crippen LogP contribution in [0, 0.1) is 5.92 Å². The molecule has 6 nitrogen and oxygen atoms in total. The highest BCUT2D eigenvalue weighted by Crippen LogP contribution is 2.21. The molecule has 0 saturated carbocycles. The molecule has 140 valence electrons. The van der Waals surface area contributed by atoms with Crippen LogP contribution in [-0.2, 0) is 11.3 Å². The first kappa shape index (κ1) is 19.3. The number of alkyl halides is 1. The fourth-order valence-electron chi connectivity index (χ4n) is 3.14. The molecule has 2 heterocycles. The zero-order valence-electron chi connectivity index (χ0n) is 15.5. The summed E-state index contributed by atoms with van der Waals surface area (Å²) in [6, 6.07) is 5.85. The van der Waals surface area contributed by atoms with Gasteiger partial charge >= 0.3 is 0 Å². The van der Waals surface area contributed by atoms with E-state index in [4.69, 9.17) is 0 Å². The number of ketones is 1. The monoisotopic (exact) mass is 468 g/mol. The van der Waals surface area contributed by atoms with E-state index in [-0.39, 0.29) is 23.8 Å². The van der Waals surface area contributed by atoms with Crippen LogP contribution in [0.2, 0.25) is 0 Å². The molecule has 1 fully saturated rings. The molecule has 0 spiro atoms. The summed E-state index contributed by atoms with van der Waals surface area (Å²) < 4.78 is 1.95. The Balaban J connectivity index is 1.87. The van der Waals surface area contributed by atoms with Crippen LogP contribution in [0.1, 0.15) is 20.8 Å². The van der Waals surface area contributed by atoms with E-state index in [9.17, 15) is 9.59 Å². The first-order chi connectivity index (χ1) is 12.4. The lowest BCUT2D eigenvalue weighted by Crippen LogP contribution is -2.48. The van der Waals surface area contributed by atoms with Gasteiger partial charge in [-0.15, -0.1) is 0 Å². The molecule has 0 radical (unpaired) electrons. The maximum atomic E-state index is 12.8. The van der Waals surface area contributed by atoms with Crippen molar-refractivity contribution in [1.82, 2.24) is 14.5 Å². The number of rotatable bonds is 5. The maximum Gasteiger partial charge on any atom is 0.261 e. The van der Waals surface area contributed by atoms with Crippen molar-refractivity contribution in [3.05, 3.63) is 34.9 Å². The smallest absolute Gasteiger partial charge is 0.261 e. The molecule has 1 aromatic heterocycles. The Kier molecular flexibility index (Phi) is 5.96. The van der Waals surface area contributed by atoms with Crippen LogP contribution in [0.3, 0.4) is 0 Å². The summed E-state index contributed by atoms with van der Waals surface area (Å²) >= 11 is 2.44. The zero-order chi connectivity index (χ0) is 18.8. The molecule has 2 aromatic rings. The number of piperazine rings is 1. The molecule has 1 saturated heterocycles. The van der Waals surface area contributed by atoms with Gasteiger partial charge in [0.15, 0.2) is 5.78 Å². The van der Waals surface area contributed by atoms with Gasteiger partial charge in [-0.2, -0.15) is 0 Å². The number of hydrogen-bond donors (Lipinski definition) is 0. The van der Waals surface area contributed by atoms with Gasteiger partial charge in [0.1, 0.15) is 0 Å². The molecular weight excluding hydrogens is 443 g/mol. The molecule has 26 heavy (non-hydrogen) atoms. The van der Waals surface area contributed by atoms with Crippen LogP contribution < -0.4 is 10.5 Å². The maximum absolute atomic E-state index is 12.8. The minimum absolute atomic E-state index is 0.0356. The summed E-state index contributed by atoms with van der Waals surface area (Å²) in [5.41, 5.74) is 1.57.